The summed E-state index contributed by atoms with van der Waals surface area (Å²) in [6.45, 7) is 3.91. The van der Waals surface area contributed by atoms with Crippen LogP contribution in [-0.2, 0) is 0 Å². The third-order valence-electron chi connectivity index (χ3n) is 3.11. The first-order chi connectivity index (χ1) is 9.38. The van der Waals surface area contributed by atoms with E-state index < -0.39 is 0 Å². The molecule has 1 heteroatoms. The molecule has 0 bridgehead atoms. The molecule has 0 spiro atoms. The molecule has 3 aromatic carbocycles. The van der Waals surface area contributed by atoms with Crippen molar-refractivity contribution < 1.29 is 0 Å². The van der Waals surface area contributed by atoms with Crippen LogP contribution in [0.25, 0.3) is 16.8 Å². The van der Waals surface area contributed by atoms with Gasteiger partial charge in [-0.25, -0.2) is 0 Å². The van der Waals surface area contributed by atoms with Gasteiger partial charge in [0.1, 0.15) is 0 Å². The summed E-state index contributed by atoms with van der Waals surface area (Å²) in [5, 5.41) is 2.68. The molecular weight excluding hydrogens is 295 g/mol. The molecule has 92 valence electrons. The Kier molecular flexibility index (Phi) is 3.50. The molecule has 0 aliphatic heterocycles. The number of benzene rings is 3. The SMILES string of the molecule is C=Cc1ccccc1[Se]c1cccc2ccccc12. The van der Waals surface area contributed by atoms with E-state index >= 15 is 0 Å². The first kappa shape index (κ1) is 12.2. The predicted octanol–water partition coefficient (Wildman–Crippen LogP) is 3.14. The van der Waals surface area contributed by atoms with E-state index in [1.807, 2.05) is 6.08 Å². The molecular formula is C18H14Se. The van der Waals surface area contributed by atoms with Crippen LogP contribution in [0.5, 0.6) is 0 Å². The topological polar surface area (TPSA) is 0 Å². The zero-order chi connectivity index (χ0) is 13.1. The molecule has 0 nitrogen and oxygen atoms in total. The van der Waals surface area contributed by atoms with E-state index in [0.717, 1.165) is 0 Å². The summed E-state index contributed by atoms with van der Waals surface area (Å²) in [6, 6.07) is 23.7. The van der Waals surface area contributed by atoms with Gasteiger partial charge in [0.25, 0.3) is 0 Å². The maximum absolute atomic E-state index is 3.91. The van der Waals surface area contributed by atoms with Crippen LogP contribution in [-0.4, -0.2) is 15.0 Å². The fourth-order valence-corrected chi connectivity index (χ4v) is 4.44. The summed E-state index contributed by atoms with van der Waals surface area (Å²) in [5.41, 5.74) is 1.25. The molecule has 0 radical (unpaired) electrons. The van der Waals surface area contributed by atoms with Gasteiger partial charge in [-0.15, -0.1) is 0 Å². The van der Waals surface area contributed by atoms with Gasteiger partial charge in [0.2, 0.25) is 0 Å². The quantitative estimate of drug-likeness (QED) is 0.652. The van der Waals surface area contributed by atoms with Gasteiger partial charge in [-0.05, 0) is 0 Å². The Morgan fingerprint density at radius 2 is 1.42 bits per heavy atom. The molecule has 3 rings (SSSR count). The molecule has 0 fully saturated rings. The molecule has 19 heavy (non-hydrogen) atoms. The van der Waals surface area contributed by atoms with E-state index in [4.69, 9.17) is 0 Å². The monoisotopic (exact) mass is 310 g/mol. The molecule has 3 aromatic rings. The second-order valence-electron chi connectivity index (χ2n) is 4.32. The van der Waals surface area contributed by atoms with Crippen molar-refractivity contribution in [3.05, 3.63) is 78.9 Å². The van der Waals surface area contributed by atoms with Crippen LogP contribution in [0.2, 0.25) is 0 Å². The number of rotatable bonds is 3. The molecule has 0 saturated carbocycles. The van der Waals surface area contributed by atoms with Crippen molar-refractivity contribution in [1.82, 2.24) is 0 Å². The van der Waals surface area contributed by atoms with Gasteiger partial charge in [0.15, 0.2) is 0 Å². The van der Waals surface area contributed by atoms with Gasteiger partial charge in [-0.1, -0.05) is 0 Å². The van der Waals surface area contributed by atoms with Crippen LogP contribution in [0.3, 0.4) is 0 Å². The van der Waals surface area contributed by atoms with Crippen molar-refractivity contribution in [2.45, 2.75) is 0 Å². The van der Waals surface area contributed by atoms with Crippen molar-refractivity contribution in [3.63, 3.8) is 0 Å². The zero-order valence-electron chi connectivity index (χ0n) is 10.5. The molecule has 0 unspecified atom stereocenters. The van der Waals surface area contributed by atoms with Crippen molar-refractivity contribution in [1.29, 1.82) is 0 Å². The molecule has 0 amide bonds. The van der Waals surface area contributed by atoms with E-state index in [9.17, 15) is 0 Å². The summed E-state index contributed by atoms with van der Waals surface area (Å²) in [6.07, 6.45) is 1.95. The summed E-state index contributed by atoms with van der Waals surface area (Å²) in [7, 11) is 0. The minimum atomic E-state index is 0.311. The van der Waals surface area contributed by atoms with Gasteiger partial charge in [0, 0.05) is 0 Å². The molecule has 0 heterocycles. The molecule has 0 saturated heterocycles. The van der Waals surface area contributed by atoms with Gasteiger partial charge in [-0.2, -0.15) is 0 Å². The fraction of sp³-hybridized carbons (Fsp3) is 0. The fourth-order valence-electron chi connectivity index (χ4n) is 2.15. The Hall–Kier alpha value is -1.82. The first-order valence-electron chi connectivity index (χ1n) is 6.25. The normalized spacial score (nSPS) is 10.5. The molecule has 0 aliphatic carbocycles. The van der Waals surface area contributed by atoms with Crippen LogP contribution in [0.1, 0.15) is 5.56 Å². The maximum atomic E-state index is 3.91. The number of fused-ring (bicyclic) bond motifs is 1. The Morgan fingerprint density at radius 3 is 2.32 bits per heavy atom. The average Bonchev–Trinajstić information content (AvgIpc) is 2.48. The van der Waals surface area contributed by atoms with E-state index in [-0.39, 0.29) is 0 Å². The Labute approximate surface area is 119 Å². The summed E-state index contributed by atoms with van der Waals surface area (Å²) < 4.78 is 2.82. The van der Waals surface area contributed by atoms with Crippen LogP contribution >= 0.6 is 0 Å². The average molecular weight is 309 g/mol. The van der Waals surface area contributed by atoms with E-state index in [1.54, 1.807) is 0 Å². The van der Waals surface area contributed by atoms with Crippen LogP contribution in [0.4, 0.5) is 0 Å². The molecule has 0 atom stereocenters. The molecule has 0 N–H and O–H groups in total. The van der Waals surface area contributed by atoms with Crippen LogP contribution in [0.15, 0.2) is 73.3 Å². The van der Waals surface area contributed by atoms with Crippen LogP contribution < -0.4 is 8.92 Å². The molecule has 0 aromatic heterocycles. The van der Waals surface area contributed by atoms with Gasteiger partial charge >= 0.3 is 120 Å². The zero-order valence-corrected chi connectivity index (χ0v) is 12.3. The van der Waals surface area contributed by atoms with Gasteiger partial charge in [0.05, 0.1) is 0 Å². The van der Waals surface area contributed by atoms with E-state index in [0.29, 0.717) is 15.0 Å². The molecule has 0 aliphatic rings. The van der Waals surface area contributed by atoms with Crippen LogP contribution in [0, 0.1) is 0 Å². The number of hydrogen-bond donors (Lipinski definition) is 0. The number of hydrogen-bond acceptors (Lipinski definition) is 0. The first-order valence-corrected chi connectivity index (χ1v) is 7.97. The second kappa shape index (κ2) is 5.44. The summed E-state index contributed by atoms with van der Waals surface area (Å²) >= 11 is 0.311. The Morgan fingerprint density at radius 1 is 0.737 bits per heavy atom. The van der Waals surface area contributed by atoms with Crippen molar-refractivity contribution in [2.75, 3.05) is 0 Å². The standard InChI is InChI=1S/C18H14Se/c1-2-14-8-4-6-12-17(14)19-18-13-7-10-15-9-3-5-11-16(15)18/h2-13H,1H2. The van der Waals surface area contributed by atoms with Crippen molar-refractivity contribution in [3.8, 4) is 0 Å². The third-order valence-corrected chi connectivity index (χ3v) is 5.56. The Bertz CT molecular complexity index is 723. The van der Waals surface area contributed by atoms with E-state index in [1.165, 1.54) is 25.3 Å². The summed E-state index contributed by atoms with van der Waals surface area (Å²) in [5.74, 6) is 0. The third kappa shape index (κ3) is 2.49. The van der Waals surface area contributed by atoms with Crippen molar-refractivity contribution >= 4 is 40.7 Å². The minimum absolute atomic E-state index is 0.311. The summed E-state index contributed by atoms with van der Waals surface area (Å²) in [4.78, 5) is 0. The van der Waals surface area contributed by atoms with E-state index in [2.05, 4.69) is 73.3 Å². The second-order valence-corrected chi connectivity index (χ2v) is 6.60. The van der Waals surface area contributed by atoms with Crippen molar-refractivity contribution in [2.24, 2.45) is 0 Å². The van der Waals surface area contributed by atoms with Gasteiger partial charge < -0.3 is 0 Å². The Balaban J connectivity index is 2.08. The van der Waals surface area contributed by atoms with Gasteiger partial charge in [-0.3, -0.25) is 0 Å². The predicted molar refractivity (Wildman–Crippen MR) is 85.5 cm³/mol.